The average molecular weight is 214 g/mol. The third kappa shape index (κ3) is 1.84. The Bertz CT molecular complexity index is 279. The lowest BCUT2D eigenvalue weighted by atomic mass is 10.2. The molecule has 0 aromatic carbocycles. The lowest BCUT2D eigenvalue weighted by Crippen LogP contribution is -2.07. The standard InChI is InChI=1S/C6H3ClF3NS/c7-3-1-11-2-4(12)5(3)6(8,9)10/h1-2,12H. The van der Waals surface area contributed by atoms with Gasteiger partial charge in [-0.05, 0) is 0 Å². The van der Waals surface area contributed by atoms with Crippen molar-refractivity contribution in [3.8, 4) is 0 Å². The first-order valence-electron chi connectivity index (χ1n) is 2.82. The minimum atomic E-state index is -4.48. The van der Waals surface area contributed by atoms with Crippen molar-refractivity contribution >= 4 is 24.2 Å². The van der Waals surface area contributed by atoms with Crippen molar-refractivity contribution in [1.29, 1.82) is 0 Å². The van der Waals surface area contributed by atoms with Crippen LogP contribution >= 0.6 is 24.2 Å². The van der Waals surface area contributed by atoms with Gasteiger partial charge in [0.05, 0.1) is 10.6 Å². The van der Waals surface area contributed by atoms with Gasteiger partial charge in [-0.3, -0.25) is 4.98 Å². The molecule has 1 aromatic heterocycles. The van der Waals surface area contributed by atoms with E-state index in [1.54, 1.807) is 0 Å². The molecule has 0 spiro atoms. The van der Waals surface area contributed by atoms with Crippen LogP contribution < -0.4 is 0 Å². The molecule has 0 saturated carbocycles. The van der Waals surface area contributed by atoms with E-state index in [1.165, 1.54) is 0 Å². The molecular weight excluding hydrogens is 211 g/mol. The molecule has 0 amide bonds. The van der Waals surface area contributed by atoms with E-state index in [1.807, 2.05) is 0 Å². The fourth-order valence-corrected chi connectivity index (χ4v) is 1.35. The Morgan fingerprint density at radius 2 is 1.92 bits per heavy atom. The second-order valence-corrected chi connectivity index (χ2v) is 2.90. The first-order chi connectivity index (χ1) is 5.43. The molecule has 66 valence electrons. The topological polar surface area (TPSA) is 12.9 Å². The Balaban J connectivity index is 3.31. The molecule has 1 aromatic rings. The number of hydrogen-bond acceptors (Lipinski definition) is 2. The maximum Gasteiger partial charge on any atom is 0.419 e. The monoisotopic (exact) mass is 213 g/mol. The summed E-state index contributed by atoms with van der Waals surface area (Å²) in [7, 11) is 0. The Morgan fingerprint density at radius 1 is 1.33 bits per heavy atom. The number of thiol groups is 1. The number of hydrogen-bond donors (Lipinski definition) is 1. The van der Waals surface area contributed by atoms with Crippen molar-refractivity contribution in [3.63, 3.8) is 0 Å². The van der Waals surface area contributed by atoms with E-state index >= 15 is 0 Å². The van der Waals surface area contributed by atoms with Crippen LogP contribution in [-0.2, 0) is 6.18 Å². The summed E-state index contributed by atoms with van der Waals surface area (Å²) >= 11 is 8.88. The molecule has 0 N–H and O–H groups in total. The molecule has 0 saturated heterocycles. The molecule has 0 aliphatic heterocycles. The molecular formula is C6H3ClF3NS. The molecule has 0 atom stereocenters. The van der Waals surface area contributed by atoms with Crippen LogP contribution in [0.1, 0.15) is 5.56 Å². The van der Waals surface area contributed by atoms with E-state index < -0.39 is 16.8 Å². The van der Waals surface area contributed by atoms with Crippen molar-refractivity contribution in [1.82, 2.24) is 4.98 Å². The van der Waals surface area contributed by atoms with Crippen LogP contribution in [0.3, 0.4) is 0 Å². The van der Waals surface area contributed by atoms with E-state index in [0.717, 1.165) is 12.4 Å². The first kappa shape index (κ1) is 9.67. The maximum atomic E-state index is 12.1. The van der Waals surface area contributed by atoms with Crippen molar-refractivity contribution in [2.75, 3.05) is 0 Å². The molecule has 0 bridgehead atoms. The van der Waals surface area contributed by atoms with Crippen LogP contribution in [0.4, 0.5) is 13.2 Å². The number of nitrogens with zero attached hydrogens (tertiary/aromatic N) is 1. The minimum absolute atomic E-state index is 0.269. The third-order valence-corrected chi connectivity index (χ3v) is 1.79. The van der Waals surface area contributed by atoms with E-state index in [0.29, 0.717) is 0 Å². The van der Waals surface area contributed by atoms with Crippen LogP contribution in [0.25, 0.3) is 0 Å². The zero-order chi connectivity index (χ0) is 9.35. The van der Waals surface area contributed by atoms with Crippen molar-refractivity contribution in [2.45, 2.75) is 11.1 Å². The van der Waals surface area contributed by atoms with Crippen LogP contribution in [0, 0.1) is 0 Å². The zero-order valence-electron chi connectivity index (χ0n) is 5.56. The minimum Gasteiger partial charge on any atom is -0.262 e. The lowest BCUT2D eigenvalue weighted by molar-refractivity contribution is -0.139. The van der Waals surface area contributed by atoms with Gasteiger partial charge < -0.3 is 0 Å². The maximum absolute atomic E-state index is 12.1. The van der Waals surface area contributed by atoms with Gasteiger partial charge in [0.15, 0.2) is 0 Å². The largest absolute Gasteiger partial charge is 0.419 e. The van der Waals surface area contributed by atoms with Gasteiger partial charge in [-0.25, -0.2) is 0 Å². The van der Waals surface area contributed by atoms with Crippen molar-refractivity contribution in [2.24, 2.45) is 0 Å². The van der Waals surface area contributed by atoms with Crippen molar-refractivity contribution in [3.05, 3.63) is 23.0 Å². The number of pyridine rings is 1. The van der Waals surface area contributed by atoms with Crippen molar-refractivity contribution < 1.29 is 13.2 Å². The van der Waals surface area contributed by atoms with Gasteiger partial charge >= 0.3 is 6.18 Å². The summed E-state index contributed by atoms with van der Waals surface area (Å²) in [6.07, 6.45) is -2.54. The molecule has 12 heavy (non-hydrogen) atoms. The number of aromatic nitrogens is 1. The molecule has 1 nitrogen and oxygen atoms in total. The SMILES string of the molecule is FC(F)(F)c1c(S)cncc1Cl. The molecule has 6 heteroatoms. The van der Waals surface area contributed by atoms with Gasteiger partial charge in [0, 0.05) is 17.3 Å². The number of halogens is 4. The summed E-state index contributed by atoms with van der Waals surface area (Å²) in [5, 5.41) is -0.435. The zero-order valence-corrected chi connectivity index (χ0v) is 7.21. The van der Waals surface area contributed by atoms with E-state index in [4.69, 9.17) is 11.6 Å². The predicted octanol–water partition coefficient (Wildman–Crippen LogP) is 3.04. The van der Waals surface area contributed by atoms with Gasteiger partial charge in [0.1, 0.15) is 0 Å². The van der Waals surface area contributed by atoms with Gasteiger partial charge in [-0.15, -0.1) is 12.6 Å². The smallest absolute Gasteiger partial charge is 0.262 e. The summed E-state index contributed by atoms with van der Waals surface area (Å²) in [5.74, 6) is 0. The Kier molecular flexibility index (Phi) is 2.53. The van der Waals surface area contributed by atoms with E-state index in [-0.39, 0.29) is 4.90 Å². The number of alkyl halides is 3. The molecule has 0 aliphatic carbocycles. The summed E-state index contributed by atoms with van der Waals surface area (Å²) in [4.78, 5) is 3.18. The van der Waals surface area contributed by atoms with Gasteiger partial charge in [0.25, 0.3) is 0 Å². The fraction of sp³-hybridized carbons (Fsp3) is 0.167. The van der Waals surface area contributed by atoms with Crippen LogP contribution in [0.5, 0.6) is 0 Å². The second-order valence-electron chi connectivity index (χ2n) is 2.01. The highest BCUT2D eigenvalue weighted by molar-refractivity contribution is 7.80. The van der Waals surface area contributed by atoms with E-state index in [2.05, 4.69) is 17.6 Å². The molecule has 0 aliphatic rings. The Morgan fingerprint density at radius 3 is 2.25 bits per heavy atom. The van der Waals surface area contributed by atoms with Gasteiger partial charge in [-0.2, -0.15) is 13.2 Å². The summed E-state index contributed by atoms with van der Waals surface area (Å²) in [6, 6.07) is 0. The highest BCUT2D eigenvalue weighted by atomic mass is 35.5. The second kappa shape index (κ2) is 3.14. The van der Waals surface area contributed by atoms with Gasteiger partial charge in [0.2, 0.25) is 0 Å². The third-order valence-electron chi connectivity index (χ3n) is 1.16. The predicted molar refractivity (Wildman–Crippen MR) is 41.5 cm³/mol. The molecule has 0 fully saturated rings. The lowest BCUT2D eigenvalue weighted by Gasteiger charge is -2.09. The van der Waals surface area contributed by atoms with E-state index in [9.17, 15) is 13.2 Å². The molecule has 1 rings (SSSR count). The summed E-state index contributed by atoms with van der Waals surface area (Å²) in [6.45, 7) is 0. The highest BCUT2D eigenvalue weighted by Gasteiger charge is 2.35. The van der Waals surface area contributed by atoms with Gasteiger partial charge in [-0.1, -0.05) is 11.6 Å². The molecule has 0 radical (unpaired) electrons. The number of rotatable bonds is 0. The first-order valence-corrected chi connectivity index (χ1v) is 3.65. The van der Waals surface area contributed by atoms with Crippen LogP contribution in [-0.4, -0.2) is 4.98 Å². The normalized spacial score (nSPS) is 11.8. The van der Waals surface area contributed by atoms with Crippen LogP contribution in [0.2, 0.25) is 5.02 Å². The average Bonchev–Trinajstić information content (AvgIpc) is 1.82. The molecule has 1 heterocycles. The highest BCUT2D eigenvalue weighted by Crippen LogP contribution is 2.37. The molecule has 0 unspecified atom stereocenters. The fourth-order valence-electron chi connectivity index (χ4n) is 0.705. The Labute approximate surface area is 77.0 Å². The summed E-state index contributed by atoms with van der Waals surface area (Å²) < 4.78 is 36.4. The van der Waals surface area contributed by atoms with Crippen LogP contribution in [0.15, 0.2) is 17.3 Å². The Hall–Kier alpha value is -0.420. The summed E-state index contributed by atoms with van der Waals surface area (Å²) in [5.41, 5.74) is -0.942. The quantitative estimate of drug-likeness (QED) is 0.654.